The molecule has 1 rings (SSSR count). The van der Waals surface area contributed by atoms with Crippen molar-refractivity contribution in [2.75, 3.05) is 0 Å². The summed E-state index contributed by atoms with van der Waals surface area (Å²) in [6.45, 7) is 0. The highest BCUT2D eigenvalue weighted by Crippen LogP contribution is 2.10. The first-order valence-electron chi connectivity index (χ1n) is 2.91. The first-order chi connectivity index (χ1) is 5.66. The summed E-state index contributed by atoms with van der Waals surface area (Å²) in [7, 11) is 0. The minimum atomic E-state index is -1.01. The number of carbonyl (C=O) groups excluding carboxylic acids is 1. The summed E-state index contributed by atoms with van der Waals surface area (Å²) in [5, 5.41) is 7.34. The van der Waals surface area contributed by atoms with E-state index in [9.17, 15) is 9.18 Å². The Bertz CT molecular complexity index is 372. The van der Waals surface area contributed by atoms with Gasteiger partial charge in [-0.25, -0.2) is 9.37 Å². The van der Waals surface area contributed by atoms with Crippen LogP contribution in [0.15, 0.2) is 12.3 Å². The monoisotopic (exact) mass is 184 g/mol. The van der Waals surface area contributed by atoms with Gasteiger partial charge in [0.25, 0.3) is 5.24 Å². The Kier molecular flexibility index (Phi) is 2.36. The van der Waals surface area contributed by atoms with Gasteiger partial charge in [0.15, 0.2) is 11.5 Å². The Hall–Kier alpha value is -1.47. The lowest BCUT2D eigenvalue weighted by atomic mass is 10.2. The molecule has 1 aromatic rings. The van der Waals surface area contributed by atoms with Gasteiger partial charge in [-0.15, -0.1) is 0 Å². The molecular formula is C7H2ClFN2O. The lowest BCUT2D eigenvalue weighted by Crippen LogP contribution is -2.00. The van der Waals surface area contributed by atoms with Crippen molar-refractivity contribution >= 4 is 16.8 Å². The fourth-order valence-electron chi connectivity index (χ4n) is 0.667. The summed E-state index contributed by atoms with van der Waals surface area (Å²) in [5.74, 6) is -0.972. The molecule has 0 amide bonds. The zero-order chi connectivity index (χ0) is 9.14. The third-order valence-electron chi connectivity index (χ3n) is 1.20. The van der Waals surface area contributed by atoms with Gasteiger partial charge >= 0.3 is 0 Å². The van der Waals surface area contributed by atoms with Gasteiger partial charge in [-0.2, -0.15) is 5.26 Å². The van der Waals surface area contributed by atoms with Gasteiger partial charge in [-0.3, -0.25) is 4.79 Å². The summed E-state index contributed by atoms with van der Waals surface area (Å²) in [4.78, 5) is 13.9. The maximum absolute atomic E-state index is 12.9. The molecule has 0 atom stereocenters. The maximum Gasteiger partial charge on any atom is 0.273 e. The molecule has 5 heteroatoms. The molecule has 0 aromatic carbocycles. The summed E-state index contributed by atoms with van der Waals surface area (Å²) in [6, 6.07) is 2.73. The number of aromatic nitrogens is 1. The van der Waals surface area contributed by atoms with E-state index in [1.807, 2.05) is 0 Å². The van der Waals surface area contributed by atoms with Crippen LogP contribution in [0.4, 0.5) is 4.39 Å². The van der Waals surface area contributed by atoms with E-state index < -0.39 is 16.8 Å². The molecule has 1 heterocycles. The topological polar surface area (TPSA) is 53.8 Å². The van der Waals surface area contributed by atoms with Gasteiger partial charge in [-0.05, 0) is 17.7 Å². The van der Waals surface area contributed by atoms with Crippen LogP contribution in [-0.4, -0.2) is 10.2 Å². The van der Waals surface area contributed by atoms with Crippen LogP contribution < -0.4 is 0 Å². The van der Waals surface area contributed by atoms with Crippen molar-refractivity contribution in [2.24, 2.45) is 0 Å². The van der Waals surface area contributed by atoms with Crippen molar-refractivity contribution < 1.29 is 9.18 Å². The van der Waals surface area contributed by atoms with E-state index in [0.29, 0.717) is 0 Å². The smallest absolute Gasteiger partial charge is 0.273 e. The lowest BCUT2D eigenvalue weighted by molar-refractivity contribution is 0.107. The molecule has 0 fully saturated rings. The van der Waals surface area contributed by atoms with Crippen LogP contribution in [0.25, 0.3) is 0 Å². The summed E-state index contributed by atoms with van der Waals surface area (Å²) < 4.78 is 12.9. The normalized spacial score (nSPS) is 9.08. The highest BCUT2D eigenvalue weighted by atomic mass is 35.5. The minimum absolute atomic E-state index is 0.242. The van der Waals surface area contributed by atoms with Crippen LogP contribution in [0.5, 0.6) is 0 Å². The van der Waals surface area contributed by atoms with Crippen molar-refractivity contribution in [2.45, 2.75) is 0 Å². The Morgan fingerprint density at radius 2 is 2.42 bits per heavy atom. The first kappa shape index (κ1) is 8.62. The van der Waals surface area contributed by atoms with Gasteiger partial charge in [0.05, 0.1) is 5.56 Å². The fourth-order valence-corrected chi connectivity index (χ4v) is 0.799. The summed E-state index contributed by atoms with van der Waals surface area (Å²) >= 11 is 4.99. The number of carbonyl (C=O) groups is 1. The zero-order valence-electron chi connectivity index (χ0n) is 5.71. The van der Waals surface area contributed by atoms with Crippen LogP contribution in [0, 0.1) is 17.1 Å². The Labute approximate surface area is 72.4 Å². The molecule has 0 bridgehead atoms. The second-order valence-electron chi connectivity index (χ2n) is 1.91. The van der Waals surface area contributed by atoms with E-state index in [1.165, 1.54) is 6.07 Å². The van der Waals surface area contributed by atoms with E-state index in [1.54, 1.807) is 6.07 Å². The second kappa shape index (κ2) is 3.28. The van der Waals surface area contributed by atoms with Gasteiger partial charge in [-0.1, -0.05) is 0 Å². The number of nitrogens with zero attached hydrogens (tertiary/aromatic N) is 2. The SMILES string of the molecule is N#Cc1ccnc(C(=O)Cl)c1F. The molecule has 0 spiro atoms. The quantitative estimate of drug-likeness (QED) is 0.621. The van der Waals surface area contributed by atoms with Crippen molar-refractivity contribution in [1.29, 1.82) is 5.26 Å². The van der Waals surface area contributed by atoms with Crippen molar-refractivity contribution in [3.63, 3.8) is 0 Å². The lowest BCUT2D eigenvalue weighted by Gasteiger charge is -1.95. The number of hydrogen-bond donors (Lipinski definition) is 0. The van der Waals surface area contributed by atoms with Crippen LogP contribution in [-0.2, 0) is 0 Å². The van der Waals surface area contributed by atoms with Crippen molar-refractivity contribution in [1.82, 2.24) is 4.98 Å². The van der Waals surface area contributed by atoms with Gasteiger partial charge < -0.3 is 0 Å². The average molecular weight is 185 g/mol. The fraction of sp³-hybridized carbons (Fsp3) is 0. The Morgan fingerprint density at radius 3 is 2.92 bits per heavy atom. The molecule has 0 unspecified atom stereocenters. The van der Waals surface area contributed by atoms with Crippen LogP contribution in [0.3, 0.4) is 0 Å². The third-order valence-corrected chi connectivity index (χ3v) is 1.37. The highest BCUT2D eigenvalue weighted by Gasteiger charge is 2.13. The second-order valence-corrected chi connectivity index (χ2v) is 2.25. The maximum atomic E-state index is 12.9. The molecule has 60 valence electrons. The third kappa shape index (κ3) is 1.41. The van der Waals surface area contributed by atoms with E-state index in [-0.39, 0.29) is 5.56 Å². The Morgan fingerprint density at radius 1 is 1.75 bits per heavy atom. The molecule has 0 saturated carbocycles. The van der Waals surface area contributed by atoms with E-state index in [2.05, 4.69) is 4.98 Å². The van der Waals surface area contributed by atoms with E-state index in [0.717, 1.165) is 6.20 Å². The van der Waals surface area contributed by atoms with E-state index >= 15 is 0 Å². The predicted molar refractivity (Wildman–Crippen MR) is 39.1 cm³/mol. The van der Waals surface area contributed by atoms with Gasteiger partial charge in [0.1, 0.15) is 6.07 Å². The van der Waals surface area contributed by atoms with Crippen LogP contribution >= 0.6 is 11.6 Å². The number of pyridine rings is 1. The largest absolute Gasteiger partial charge is 0.274 e. The number of hydrogen-bond acceptors (Lipinski definition) is 3. The Balaban J connectivity index is 3.35. The molecule has 12 heavy (non-hydrogen) atoms. The van der Waals surface area contributed by atoms with Crippen molar-refractivity contribution in [3.05, 3.63) is 29.3 Å². The molecule has 1 aromatic heterocycles. The minimum Gasteiger partial charge on any atom is -0.274 e. The average Bonchev–Trinajstić information content (AvgIpc) is 2.04. The standard InChI is InChI=1S/C7H2ClFN2O/c8-7(12)6-5(9)4(3-10)1-2-11-6/h1-2H. The number of nitriles is 1. The molecule has 0 aliphatic rings. The molecular weight excluding hydrogens is 183 g/mol. The number of rotatable bonds is 1. The van der Waals surface area contributed by atoms with Gasteiger partial charge in [0.2, 0.25) is 0 Å². The molecule has 0 aliphatic heterocycles. The van der Waals surface area contributed by atoms with E-state index in [4.69, 9.17) is 16.9 Å². The van der Waals surface area contributed by atoms with Gasteiger partial charge in [0, 0.05) is 6.20 Å². The first-order valence-corrected chi connectivity index (χ1v) is 3.29. The molecule has 0 aliphatic carbocycles. The molecule has 0 saturated heterocycles. The van der Waals surface area contributed by atoms with Crippen molar-refractivity contribution in [3.8, 4) is 6.07 Å². The predicted octanol–water partition coefficient (Wildman–Crippen LogP) is 1.47. The highest BCUT2D eigenvalue weighted by molar-refractivity contribution is 6.67. The summed E-state index contributed by atoms with van der Waals surface area (Å²) in [5.41, 5.74) is -0.760. The number of halogens is 2. The molecule has 3 nitrogen and oxygen atoms in total. The van der Waals surface area contributed by atoms with Crippen LogP contribution in [0.2, 0.25) is 0 Å². The van der Waals surface area contributed by atoms with Crippen LogP contribution in [0.1, 0.15) is 16.1 Å². The zero-order valence-corrected chi connectivity index (χ0v) is 6.47. The molecule has 0 radical (unpaired) electrons. The molecule has 0 N–H and O–H groups in total. The summed E-state index contributed by atoms with van der Waals surface area (Å²) in [6.07, 6.45) is 1.15.